The molecule has 0 unspecified atom stereocenters. The van der Waals surface area contributed by atoms with E-state index in [9.17, 15) is 13.2 Å². The first-order chi connectivity index (χ1) is 12.7. The molecule has 1 aliphatic rings. The molecule has 0 N–H and O–H groups in total. The Kier molecular flexibility index (Phi) is 6.25. The van der Waals surface area contributed by atoms with Crippen molar-refractivity contribution in [2.75, 3.05) is 26.2 Å². The minimum absolute atomic E-state index is 0.0618. The van der Waals surface area contributed by atoms with E-state index in [0.717, 1.165) is 0 Å². The fraction of sp³-hybridized carbons (Fsp3) is 0.235. The van der Waals surface area contributed by atoms with Gasteiger partial charge >= 0.3 is 0 Å². The first kappa shape index (κ1) is 20.7. The number of hydrogen-bond acceptors (Lipinski definition) is 3. The van der Waals surface area contributed by atoms with Crippen LogP contribution in [0.25, 0.3) is 0 Å². The topological polar surface area (TPSA) is 57.7 Å². The first-order valence-electron chi connectivity index (χ1n) is 7.91. The Morgan fingerprint density at radius 1 is 0.815 bits per heavy atom. The number of nitrogens with zero attached hydrogens (tertiary/aromatic N) is 2. The van der Waals surface area contributed by atoms with Crippen LogP contribution in [0, 0.1) is 0 Å². The van der Waals surface area contributed by atoms with Crippen LogP contribution in [-0.2, 0) is 10.0 Å². The van der Waals surface area contributed by atoms with Gasteiger partial charge in [-0.1, -0.05) is 58.5 Å². The number of hydrogen-bond donors (Lipinski definition) is 0. The van der Waals surface area contributed by atoms with E-state index in [0.29, 0.717) is 0 Å². The number of halogens is 4. The Morgan fingerprint density at radius 3 is 1.93 bits per heavy atom. The summed E-state index contributed by atoms with van der Waals surface area (Å²) in [5.41, 5.74) is 0.287. The summed E-state index contributed by atoms with van der Waals surface area (Å²) in [6, 6.07) is 9.35. The number of amides is 1. The second-order valence-electron chi connectivity index (χ2n) is 5.85. The summed E-state index contributed by atoms with van der Waals surface area (Å²) in [6.07, 6.45) is 0. The molecule has 0 aromatic heterocycles. The highest BCUT2D eigenvalue weighted by Gasteiger charge is 2.33. The fourth-order valence-electron chi connectivity index (χ4n) is 2.83. The molecule has 3 rings (SSSR count). The van der Waals surface area contributed by atoms with Gasteiger partial charge < -0.3 is 4.90 Å². The summed E-state index contributed by atoms with van der Waals surface area (Å²) in [4.78, 5) is 14.1. The largest absolute Gasteiger partial charge is 0.336 e. The van der Waals surface area contributed by atoms with Crippen LogP contribution in [0.4, 0.5) is 0 Å². The molecule has 1 fully saturated rings. The molecule has 0 saturated carbocycles. The molecule has 0 atom stereocenters. The number of carbonyl (C=O) groups is 1. The highest BCUT2D eigenvalue weighted by Crippen LogP contribution is 2.32. The maximum Gasteiger partial charge on any atom is 0.255 e. The summed E-state index contributed by atoms with van der Waals surface area (Å²) in [5.74, 6) is -0.296. The van der Waals surface area contributed by atoms with Crippen molar-refractivity contribution in [3.8, 4) is 0 Å². The lowest BCUT2D eigenvalue weighted by Crippen LogP contribution is -2.50. The van der Waals surface area contributed by atoms with E-state index in [1.54, 1.807) is 24.3 Å². The van der Waals surface area contributed by atoms with Gasteiger partial charge in [0.15, 0.2) is 0 Å². The number of carbonyl (C=O) groups excluding carboxylic acids is 1. The second-order valence-corrected chi connectivity index (χ2v) is 9.32. The fourth-order valence-corrected chi connectivity index (χ4v) is 5.72. The number of sulfonamides is 1. The summed E-state index contributed by atoms with van der Waals surface area (Å²) in [5, 5.41) is 0.595. The van der Waals surface area contributed by atoms with Crippen molar-refractivity contribution in [3.63, 3.8) is 0 Å². The average Bonchev–Trinajstić information content (AvgIpc) is 2.63. The molecule has 2 aromatic carbocycles. The maximum atomic E-state index is 12.9. The van der Waals surface area contributed by atoms with Crippen molar-refractivity contribution in [1.29, 1.82) is 0 Å². The zero-order chi connectivity index (χ0) is 19.8. The zero-order valence-corrected chi connectivity index (χ0v) is 17.7. The van der Waals surface area contributed by atoms with Gasteiger partial charge in [-0.05, 0) is 24.3 Å². The molecule has 1 heterocycles. The van der Waals surface area contributed by atoms with Gasteiger partial charge in [-0.25, -0.2) is 8.42 Å². The van der Waals surface area contributed by atoms with Crippen molar-refractivity contribution < 1.29 is 13.2 Å². The predicted octanol–water partition coefficient (Wildman–Crippen LogP) is 4.45. The summed E-state index contributed by atoms with van der Waals surface area (Å²) in [6.45, 7) is 0.660. The van der Waals surface area contributed by atoms with Gasteiger partial charge in [-0.15, -0.1) is 0 Å². The minimum atomic E-state index is -3.87. The molecular formula is C17H14Cl4N2O3S. The van der Waals surface area contributed by atoms with Crippen LogP contribution in [0.2, 0.25) is 20.1 Å². The van der Waals surface area contributed by atoms with Crippen LogP contribution < -0.4 is 0 Å². The molecular weight excluding hydrogens is 454 g/mol. The van der Waals surface area contributed by atoms with Crippen LogP contribution in [0.1, 0.15) is 10.4 Å². The Morgan fingerprint density at radius 2 is 1.33 bits per heavy atom. The zero-order valence-electron chi connectivity index (χ0n) is 13.8. The van der Waals surface area contributed by atoms with Gasteiger partial charge in [0, 0.05) is 26.2 Å². The average molecular weight is 468 g/mol. The van der Waals surface area contributed by atoms with Crippen molar-refractivity contribution in [2.45, 2.75) is 4.90 Å². The van der Waals surface area contributed by atoms with Crippen molar-refractivity contribution in [1.82, 2.24) is 9.21 Å². The molecule has 144 valence electrons. The van der Waals surface area contributed by atoms with Crippen molar-refractivity contribution in [3.05, 3.63) is 62.1 Å². The normalized spacial score (nSPS) is 15.8. The molecule has 0 radical (unpaired) electrons. The Hall–Kier alpha value is -1.02. The van der Waals surface area contributed by atoms with Gasteiger partial charge in [0.25, 0.3) is 5.91 Å². The van der Waals surface area contributed by atoms with Crippen LogP contribution >= 0.6 is 46.4 Å². The highest BCUT2D eigenvalue weighted by atomic mass is 35.5. The molecule has 10 heteroatoms. The SMILES string of the molecule is O=C(c1cccc(Cl)c1Cl)N1CCN(S(=O)(=O)c2c(Cl)cccc2Cl)CC1. The lowest BCUT2D eigenvalue weighted by molar-refractivity contribution is 0.0698. The van der Waals surface area contributed by atoms with Gasteiger partial charge in [-0.3, -0.25) is 4.79 Å². The monoisotopic (exact) mass is 466 g/mol. The van der Waals surface area contributed by atoms with E-state index in [1.165, 1.54) is 21.3 Å². The second kappa shape index (κ2) is 8.15. The van der Waals surface area contributed by atoms with Gasteiger partial charge in [0.1, 0.15) is 4.90 Å². The standard InChI is InChI=1S/C17H14Cl4N2O3S/c18-12-4-1-3-11(15(12)21)17(24)22-7-9-23(10-8-22)27(25,26)16-13(19)5-2-6-14(16)20/h1-6H,7-10H2. The van der Waals surface area contributed by atoms with E-state index in [2.05, 4.69) is 0 Å². The van der Waals surface area contributed by atoms with E-state index in [4.69, 9.17) is 46.4 Å². The van der Waals surface area contributed by atoms with Gasteiger partial charge in [0.05, 0.1) is 25.7 Å². The molecule has 0 spiro atoms. The lowest BCUT2D eigenvalue weighted by atomic mass is 10.2. The Bertz CT molecular complexity index is 969. The minimum Gasteiger partial charge on any atom is -0.336 e. The smallest absolute Gasteiger partial charge is 0.255 e. The molecule has 2 aromatic rings. The molecule has 1 saturated heterocycles. The Balaban J connectivity index is 1.77. The third-order valence-electron chi connectivity index (χ3n) is 4.22. The van der Waals surface area contributed by atoms with Crippen LogP contribution in [0.5, 0.6) is 0 Å². The third-order valence-corrected chi connectivity index (χ3v) is 7.90. The number of benzene rings is 2. The molecule has 1 aliphatic heterocycles. The van der Waals surface area contributed by atoms with E-state index in [-0.39, 0.29) is 62.6 Å². The molecule has 0 bridgehead atoms. The predicted molar refractivity (Wildman–Crippen MR) is 108 cm³/mol. The van der Waals surface area contributed by atoms with Gasteiger partial charge in [0.2, 0.25) is 10.0 Å². The van der Waals surface area contributed by atoms with Crippen LogP contribution in [0.15, 0.2) is 41.3 Å². The van der Waals surface area contributed by atoms with Crippen LogP contribution in [-0.4, -0.2) is 49.7 Å². The van der Waals surface area contributed by atoms with Crippen LogP contribution in [0.3, 0.4) is 0 Å². The number of piperazine rings is 1. The van der Waals surface area contributed by atoms with E-state index >= 15 is 0 Å². The van der Waals surface area contributed by atoms with Crippen molar-refractivity contribution >= 4 is 62.3 Å². The van der Waals surface area contributed by atoms with Gasteiger partial charge in [-0.2, -0.15) is 4.31 Å². The first-order valence-corrected chi connectivity index (χ1v) is 10.9. The maximum absolute atomic E-state index is 12.9. The number of rotatable bonds is 3. The van der Waals surface area contributed by atoms with E-state index in [1.807, 2.05) is 0 Å². The molecule has 0 aliphatic carbocycles. The quantitative estimate of drug-likeness (QED) is 0.670. The summed E-state index contributed by atoms with van der Waals surface area (Å²) in [7, 11) is -3.87. The van der Waals surface area contributed by atoms with Crippen molar-refractivity contribution in [2.24, 2.45) is 0 Å². The Labute approximate surface area is 177 Å². The summed E-state index contributed by atoms with van der Waals surface area (Å²) >= 11 is 24.2. The highest BCUT2D eigenvalue weighted by molar-refractivity contribution is 7.89. The molecule has 27 heavy (non-hydrogen) atoms. The molecule has 5 nitrogen and oxygen atoms in total. The lowest BCUT2D eigenvalue weighted by Gasteiger charge is -2.34. The summed E-state index contributed by atoms with van der Waals surface area (Å²) < 4.78 is 27.0. The molecule has 1 amide bonds. The third kappa shape index (κ3) is 4.06. The van der Waals surface area contributed by atoms with E-state index < -0.39 is 10.0 Å².